The van der Waals surface area contributed by atoms with Gasteiger partial charge in [0.2, 0.25) is 5.91 Å². The van der Waals surface area contributed by atoms with Gasteiger partial charge in [-0.05, 0) is 43.9 Å². The number of halogens is 1. The first-order valence-corrected chi connectivity index (χ1v) is 7.87. The molecule has 130 valence electrons. The molecular weight excluding hydrogens is 314 g/mol. The number of hydrogen-bond donors (Lipinski definition) is 2. The number of nitrogens with zero attached hydrogens (tertiary/aromatic N) is 1. The van der Waals surface area contributed by atoms with Crippen molar-refractivity contribution in [3.05, 3.63) is 29.3 Å². The van der Waals surface area contributed by atoms with Crippen LogP contribution in [-0.2, 0) is 9.53 Å². The number of benzene rings is 1. The van der Waals surface area contributed by atoms with Gasteiger partial charge in [-0.3, -0.25) is 9.69 Å². The van der Waals surface area contributed by atoms with Gasteiger partial charge in [0.15, 0.2) is 0 Å². The summed E-state index contributed by atoms with van der Waals surface area (Å²) in [4.78, 5) is 14.5. The molecule has 3 N–H and O–H groups in total. The Morgan fingerprint density at radius 1 is 1.43 bits per heavy atom. The van der Waals surface area contributed by atoms with Gasteiger partial charge in [0.05, 0.1) is 12.6 Å². The minimum absolute atomic E-state index is 0. The second-order valence-corrected chi connectivity index (χ2v) is 6.11. The first-order chi connectivity index (χ1) is 10.5. The van der Waals surface area contributed by atoms with Gasteiger partial charge >= 0.3 is 0 Å². The van der Waals surface area contributed by atoms with Crippen LogP contribution in [0.1, 0.15) is 24.0 Å². The summed E-state index contributed by atoms with van der Waals surface area (Å²) >= 11 is 0. The molecule has 1 heterocycles. The highest BCUT2D eigenvalue weighted by molar-refractivity contribution is 5.93. The summed E-state index contributed by atoms with van der Waals surface area (Å²) in [5.41, 5.74) is 8.96. The molecular formula is C17H28ClN3O2. The second kappa shape index (κ2) is 9.23. The first kappa shape index (κ1) is 19.9. The van der Waals surface area contributed by atoms with Crippen molar-refractivity contribution in [2.45, 2.75) is 38.8 Å². The van der Waals surface area contributed by atoms with Crippen LogP contribution in [0, 0.1) is 13.8 Å². The van der Waals surface area contributed by atoms with E-state index >= 15 is 0 Å². The van der Waals surface area contributed by atoms with Crippen LogP contribution < -0.4 is 11.1 Å². The topological polar surface area (TPSA) is 67.6 Å². The highest BCUT2D eigenvalue weighted by atomic mass is 35.5. The Morgan fingerprint density at radius 3 is 2.83 bits per heavy atom. The van der Waals surface area contributed by atoms with Crippen molar-refractivity contribution in [2.75, 3.05) is 32.1 Å². The summed E-state index contributed by atoms with van der Waals surface area (Å²) in [5.74, 6) is 0.0167. The molecule has 1 aromatic carbocycles. The van der Waals surface area contributed by atoms with Crippen molar-refractivity contribution in [2.24, 2.45) is 5.73 Å². The normalized spacial score (nSPS) is 21.6. The number of piperidine rings is 1. The Balaban J connectivity index is 0.00000264. The zero-order chi connectivity index (χ0) is 16.1. The maximum Gasteiger partial charge on any atom is 0.238 e. The summed E-state index contributed by atoms with van der Waals surface area (Å²) in [6.45, 7) is 5.81. The lowest BCUT2D eigenvalue weighted by molar-refractivity contribution is -0.118. The second-order valence-electron chi connectivity index (χ2n) is 6.11. The van der Waals surface area contributed by atoms with Crippen LogP contribution in [0.25, 0.3) is 0 Å². The Hall–Kier alpha value is -1.14. The molecule has 2 rings (SSSR count). The van der Waals surface area contributed by atoms with Crippen molar-refractivity contribution < 1.29 is 9.53 Å². The maximum absolute atomic E-state index is 12.3. The van der Waals surface area contributed by atoms with E-state index in [-0.39, 0.29) is 30.5 Å². The zero-order valence-corrected chi connectivity index (χ0v) is 15.0. The monoisotopic (exact) mass is 341 g/mol. The van der Waals surface area contributed by atoms with E-state index in [9.17, 15) is 4.79 Å². The molecule has 2 atom stereocenters. The molecule has 0 saturated carbocycles. The van der Waals surface area contributed by atoms with Crippen molar-refractivity contribution in [1.29, 1.82) is 0 Å². The van der Waals surface area contributed by atoms with Crippen molar-refractivity contribution >= 4 is 24.0 Å². The van der Waals surface area contributed by atoms with Gasteiger partial charge in [-0.15, -0.1) is 12.4 Å². The summed E-state index contributed by atoms with van der Waals surface area (Å²) in [7, 11) is 1.74. The molecule has 1 fully saturated rings. The third-order valence-corrected chi connectivity index (χ3v) is 4.41. The number of aryl methyl sites for hydroxylation is 2. The molecule has 1 aromatic rings. The number of anilines is 1. The molecule has 1 amide bonds. The van der Waals surface area contributed by atoms with Gasteiger partial charge in [-0.2, -0.15) is 0 Å². The number of nitrogens with one attached hydrogen (secondary N) is 1. The fraction of sp³-hybridized carbons (Fsp3) is 0.588. The van der Waals surface area contributed by atoms with E-state index in [2.05, 4.69) is 10.2 Å². The summed E-state index contributed by atoms with van der Waals surface area (Å²) in [6, 6.07) is 6.29. The molecule has 0 aliphatic carbocycles. The van der Waals surface area contributed by atoms with Crippen LogP contribution in [0.2, 0.25) is 0 Å². The summed E-state index contributed by atoms with van der Waals surface area (Å²) in [5, 5.41) is 3.02. The van der Waals surface area contributed by atoms with Crippen LogP contribution in [0.4, 0.5) is 5.69 Å². The number of likely N-dealkylation sites (tertiary alicyclic amines) is 1. The molecule has 0 bridgehead atoms. The number of ether oxygens (including phenoxy) is 1. The number of rotatable bonds is 5. The van der Waals surface area contributed by atoms with Crippen LogP contribution >= 0.6 is 12.4 Å². The molecule has 23 heavy (non-hydrogen) atoms. The Labute approximate surface area is 145 Å². The number of carbonyl (C=O) groups is 1. The van der Waals surface area contributed by atoms with Crippen LogP contribution in [0.3, 0.4) is 0 Å². The highest BCUT2D eigenvalue weighted by Gasteiger charge is 2.28. The standard InChI is InChI=1S/C17H27N3O2.ClH/c1-12-4-5-13(2)16(8-12)19-17(21)11-20-7-6-15(22-3)9-14(20)10-18;/h4-5,8,14-15H,6-7,9-11,18H2,1-3H3,(H,19,21);1H. The van der Waals surface area contributed by atoms with E-state index < -0.39 is 0 Å². The smallest absolute Gasteiger partial charge is 0.238 e. The van der Waals surface area contributed by atoms with Crippen LogP contribution in [0.5, 0.6) is 0 Å². The third-order valence-electron chi connectivity index (χ3n) is 4.41. The van der Waals surface area contributed by atoms with E-state index in [0.29, 0.717) is 13.1 Å². The van der Waals surface area contributed by atoms with Crippen molar-refractivity contribution in [1.82, 2.24) is 4.90 Å². The average molecular weight is 342 g/mol. The Morgan fingerprint density at radius 2 is 2.17 bits per heavy atom. The lowest BCUT2D eigenvalue weighted by atomic mass is 9.99. The first-order valence-electron chi connectivity index (χ1n) is 7.87. The molecule has 1 aliphatic heterocycles. The molecule has 1 saturated heterocycles. The van der Waals surface area contributed by atoms with E-state index in [1.165, 1.54) is 0 Å². The fourth-order valence-electron chi connectivity index (χ4n) is 2.98. The molecule has 1 aliphatic rings. The lowest BCUT2D eigenvalue weighted by Gasteiger charge is -2.37. The van der Waals surface area contributed by atoms with Gasteiger partial charge < -0.3 is 15.8 Å². The number of hydrogen-bond acceptors (Lipinski definition) is 4. The largest absolute Gasteiger partial charge is 0.381 e. The summed E-state index contributed by atoms with van der Waals surface area (Å²) < 4.78 is 5.42. The predicted octanol–water partition coefficient (Wildman–Crippen LogP) is 2.10. The zero-order valence-electron chi connectivity index (χ0n) is 14.2. The van der Waals surface area contributed by atoms with E-state index in [1.54, 1.807) is 7.11 Å². The molecule has 0 spiro atoms. The number of nitrogens with two attached hydrogens (primary N) is 1. The van der Waals surface area contributed by atoms with Gasteiger partial charge in [0.1, 0.15) is 0 Å². The van der Waals surface area contributed by atoms with Crippen LogP contribution in [-0.4, -0.2) is 49.7 Å². The van der Waals surface area contributed by atoms with E-state index in [0.717, 1.165) is 36.2 Å². The number of amides is 1. The van der Waals surface area contributed by atoms with Crippen LogP contribution in [0.15, 0.2) is 18.2 Å². The fourth-order valence-corrected chi connectivity index (χ4v) is 2.98. The van der Waals surface area contributed by atoms with Gasteiger partial charge in [-0.25, -0.2) is 0 Å². The molecule has 2 unspecified atom stereocenters. The van der Waals surface area contributed by atoms with Crippen molar-refractivity contribution in [3.8, 4) is 0 Å². The Kier molecular flexibility index (Phi) is 7.99. The SMILES string of the molecule is COC1CCN(CC(=O)Nc2cc(C)ccc2C)C(CN)C1.Cl. The molecule has 0 aromatic heterocycles. The van der Waals surface area contributed by atoms with Gasteiger partial charge in [0.25, 0.3) is 0 Å². The van der Waals surface area contributed by atoms with Gasteiger partial charge in [-0.1, -0.05) is 12.1 Å². The minimum atomic E-state index is 0. The average Bonchev–Trinajstić information content (AvgIpc) is 2.51. The predicted molar refractivity (Wildman–Crippen MR) is 96.2 cm³/mol. The number of methoxy groups -OCH3 is 1. The Bertz CT molecular complexity index is 525. The third kappa shape index (κ3) is 5.46. The quantitative estimate of drug-likeness (QED) is 0.860. The highest BCUT2D eigenvalue weighted by Crippen LogP contribution is 2.20. The van der Waals surface area contributed by atoms with E-state index in [1.807, 2.05) is 32.0 Å². The molecule has 0 radical (unpaired) electrons. The minimum Gasteiger partial charge on any atom is -0.381 e. The summed E-state index contributed by atoms with van der Waals surface area (Å²) in [6.07, 6.45) is 2.10. The molecule has 5 nitrogen and oxygen atoms in total. The molecule has 6 heteroatoms. The van der Waals surface area contributed by atoms with E-state index in [4.69, 9.17) is 10.5 Å². The maximum atomic E-state index is 12.3. The van der Waals surface area contributed by atoms with Gasteiger partial charge in [0, 0.05) is 31.9 Å². The van der Waals surface area contributed by atoms with Crippen molar-refractivity contribution in [3.63, 3.8) is 0 Å². The number of carbonyl (C=O) groups excluding carboxylic acids is 1. The lowest BCUT2D eigenvalue weighted by Crippen LogP contribution is -2.51.